The van der Waals surface area contributed by atoms with E-state index in [1.807, 2.05) is 38.1 Å². The lowest BCUT2D eigenvalue weighted by atomic mass is 9.91. The van der Waals surface area contributed by atoms with Crippen molar-refractivity contribution < 1.29 is 15.0 Å². The molecule has 0 saturated carbocycles. The quantitative estimate of drug-likeness (QED) is 0.819. The van der Waals surface area contributed by atoms with Crippen LogP contribution in [-0.2, 0) is 17.6 Å². The first-order valence-corrected chi connectivity index (χ1v) is 9.46. The molecule has 0 aliphatic carbocycles. The zero-order chi connectivity index (χ0) is 19.7. The van der Waals surface area contributed by atoms with Crippen LogP contribution in [0.2, 0.25) is 0 Å². The molecular weight excluding hydrogens is 340 g/mol. The van der Waals surface area contributed by atoms with Crippen LogP contribution in [0.1, 0.15) is 30.0 Å². The summed E-state index contributed by atoms with van der Waals surface area (Å²) in [6.07, 6.45) is 2.02. The Morgan fingerprint density at radius 3 is 2.37 bits per heavy atom. The fourth-order valence-corrected chi connectivity index (χ4v) is 3.82. The van der Waals surface area contributed by atoms with Gasteiger partial charge in [0.1, 0.15) is 11.5 Å². The van der Waals surface area contributed by atoms with E-state index in [1.165, 1.54) is 0 Å². The summed E-state index contributed by atoms with van der Waals surface area (Å²) in [6.45, 7) is 5.40. The number of carbonyl (C=O) groups excluding carboxylic acids is 1. The summed E-state index contributed by atoms with van der Waals surface area (Å²) in [5.41, 5.74) is 4.79. The molecule has 5 nitrogen and oxygen atoms in total. The number of aromatic hydroxyl groups is 2. The number of hydrogen-bond donors (Lipinski definition) is 2. The largest absolute Gasteiger partial charge is 0.507 e. The maximum Gasteiger partial charge on any atom is 0.231 e. The van der Waals surface area contributed by atoms with Gasteiger partial charge in [0.15, 0.2) is 0 Å². The molecule has 0 saturated heterocycles. The topological polar surface area (TPSA) is 64.0 Å². The average molecular weight is 368 g/mol. The van der Waals surface area contributed by atoms with Gasteiger partial charge in [-0.2, -0.15) is 0 Å². The molecular formula is C22H28N2O3. The van der Waals surface area contributed by atoms with E-state index in [-0.39, 0.29) is 23.8 Å². The van der Waals surface area contributed by atoms with Crippen LogP contribution in [-0.4, -0.2) is 48.2 Å². The highest BCUT2D eigenvalue weighted by atomic mass is 16.3. The zero-order valence-corrected chi connectivity index (χ0v) is 16.5. The Morgan fingerprint density at radius 2 is 1.78 bits per heavy atom. The highest BCUT2D eigenvalue weighted by Crippen LogP contribution is 2.46. The number of aryl methyl sites for hydroxylation is 2. The van der Waals surface area contributed by atoms with Crippen molar-refractivity contribution in [1.82, 2.24) is 4.90 Å². The number of phenolic OH excluding ortho intramolecular Hbond substituents is 2. The smallest absolute Gasteiger partial charge is 0.231 e. The van der Waals surface area contributed by atoms with E-state index in [2.05, 4.69) is 6.92 Å². The lowest BCUT2D eigenvalue weighted by molar-refractivity contribution is -0.117. The van der Waals surface area contributed by atoms with E-state index >= 15 is 0 Å². The van der Waals surface area contributed by atoms with Gasteiger partial charge in [0, 0.05) is 18.8 Å². The van der Waals surface area contributed by atoms with Crippen molar-refractivity contribution in [3.05, 3.63) is 41.0 Å². The van der Waals surface area contributed by atoms with Crippen molar-refractivity contribution in [2.24, 2.45) is 0 Å². The molecule has 2 aromatic rings. The number of rotatable bonds is 6. The molecule has 0 spiro atoms. The van der Waals surface area contributed by atoms with Gasteiger partial charge in [0.25, 0.3) is 0 Å². The number of phenols is 2. The first-order valence-electron chi connectivity index (χ1n) is 9.46. The lowest BCUT2D eigenvalue weighted by Crippen LogP contribution is -2.33. The fourth-order valence-electron chi connectivity index (χ4n) is 3.82. The van der Waals surface area contributed by atoms with Crippen LogP contribution in [0, 0.1) is 6.92 Å². The summed E-state index contributed by atoms with van der Waals surface area (Å²) in [5.74, 6) is 0.184. The third kappa shape index (κ3) is 3.65. The van der Waals surface area contributed by atoms with Crippen LogP contribution in [0.4, 0.5) is 5.69 Å². The molecule has 1 aliphatic heterocycles. The van der Waals surface area contributed by atoms with E-state index < -0.39 is 0 Å². The van der Waals surface area contributed by atoms with Crippen molar-refractivity contribution in [1.29, 1.82) is 0 Å². The molecule has 0 radical (unpaired) electrons. The molecule has 1 aliphatic rings. The van der Waals surface area contributed by atoms with E-state index in [0.717, 1.165) is 47.3 Å². The highest BCUT2D eigenvalue weighted by Gasteiger charge is 2.31. The minimum absolute atomic E-state index is 0.0558. The molecule has 1 amide bonds. The molecule has 0 aromatic heterocycles. The SMILES string of the molecule is CCCc1cc(O)c(-c2c(C)ccc3c2CC(=O)N3CCN(C)C)c(O)c1. The third-order valence-corrected chi connectivity index (χ3v) is 5.13. The van der Waals surface area contributed by atoms with E-state index in [4.69, 9.17) is 0 Å². The standard InChI is InChI=1S/C22H28N2O3/c1-5-6-15-11-18(25)22(19(26)12-15)21-14(2)7-8-17-16(21)13-20(27)24(17)10-9-23(3)4/h7-8,11-12,25-26H,5-6,9-10,13H2,1-4H3. The Bertz CT molecular complexity index is 851. The molecule has 3 rings (SSSR count). The van der Waals surface area contributed by atoms with Crippen LogP contribution >= 0.6 is 0 Å². The summed E-state index contributed by atoms with van der Waals surface area (Å²) in [4.78, 5) is 16.5. The van der Waals surface area contributed by atoms with Gasteiger partial charge in [-0.3, -0.25) is 4.79 Å². The second-order valence-corrected chi connectivity index (χ2v) is 7.54. The van der Waals surface area contributed by atoms with Crippen LogP contribution in [0.5, 0.6) is 11.5 Å². The number of benzene rings is 2. The Balaban J connectivity index is 2.10. The molecule has 0 bridgehead atoms. The zero-order valence-electron chi connectivity index (χ0n) is 16.5. The molecule has 0 unspecified atom stereocenters. The van der Waals surface area contributed by atoms with E-state index in [9.17, 15) is 15.0 Å². The Labute approximate surface area is 160 Å². The maximum atomic E-state index is 12.6. The summed E-state index contributed by atoms with van der Waals surface area (Å²) in [7, 11) is 3.96. The summed E-state index contributed by atoms with van der Waals surface area (Å²) >= 11 is 0. The summed E-state index contributed by atoms with van der Waals surface area (Å²) < 4.78 is 0. The Hall–Kier alpha value is -2.53. The Morgan fingerprint density at radius 1 is 1.11 bits per heavy atom. The highest BCUT2D eigenvalue weighted by molar-refractivity contribution is 6.05. The fraction of sp³-hybridized carbons (Fsp3) is 0.409. The second-order valence-electron chi connectivity index (χ2n) is 7.54. The van der Waals surface area contributed by atoms with Gasteiger partial charge >= 0.3 is 0 Å². The molecule has 144 valence electrons. The van der Waals surface area contributed by atoms with Gasteiger partial charge in [-0.05, 0) is 67.9 Å². The molecule has 0 atom stereocenters. The summed E-state index contributed by atoms with van der Waals surface area (Å²) in [5, 5.41) is 21.3. The number of nitrogens with zero attached hydrogens (tertiary/aromatic N) is 2. The summed E-state index contributed by atoms with van der Waals surface area (Å²) in [6, 6.07) is 7.36. The first kappa shape index (κ1) is 19.2. The average Bonchev–Trinajstić information content (AvgIpc) is 2.90. The first-order chi connectivity index (χ1) is 12.8. The van der Waals surface area contributed by atoms with Crippen LogP contribution in [0.25, 0.3) is 11.1 Å². The predicted octanol–water partition coefficient (Wildman–Crippen LogP) is 3.48. The van der Waals surface area contributed by atoms with Gasteiger partial charge < -0.3 is 20.0 Å². The van der Waals surface area contributed by atoms with Crippen molar-refractivity contribution in [2.45, 2.75) is 33.1 Å². The maximum absolute atomic E-state index is 12.6. The predicted molar refractivity (Wildman–Crippen MR) is 109 cm³/mol. The molecule has 2 aromatic carbocycles. The lowest BCUT2D eigenvalue weighted by Gasteiger charge is -2.21. The van der Waals surface area contributed by atoms with Gasteiger partial charge in [0.2, 0.25) is 5.91 Å². The van der Waals surface area contributed by atoms with Crippen molar-refractivity contribution in [2.75, 3.05) is 32.1 Å². The molecule has 1 heterocycles. The Kier molecular flexibility index (Phi) is 5.42. The normalized spacial score (nSPS) is 13.5. The number of likely N-dealkylation sites (N-methyl/N-ethyl adjacent to an activating group) is 1. The van der Waals surface area contributed by atoms with Crippen LogP contribution in [0.3, 0.4) is 0 Å². The van der Waals surface area contributed by atoms with E-state index in [0.29, 0.717) is 12.1 Å². The molecule has 0 fully saturated rings. The van der Waals surface area contributed by atoms with Gasteiger partial charge in [0.05, 0.1) is 12.0 Å². The van der Waals surface area contributed by atoms with Crippen LogP contribution in [0.15, 0.2) is 24.3 Å². The monoisotopic (exact) mass is 368 g/mol. The molecule has 27 heavy (non-hydrogen) atoms. The van der Waals surface area contributed by atoms with Gasteiger partial charge in [-0.25, -0.2) is 0 Å². The van der Waals surface area contributed by atoms with Gasteiger partial charge in [-0.1, -0.05) is 19.4 Å². The number of carbonyl (C=O) groups is 1. The van der Waals surface area contributed by atoms with Crippen molar-refractivity contribution in [3.63, 3.8) is 0 Å². The minimum Gasteiger partial charge on any atom is -0.507 e. The van der Waals surface area contributed by atoms with Gasteiger partial charge in [-0.15, -0.1) is 0 Å². The second kappa shape index (κ2) is 7.61. The number of anilines is 1. The number of amides is 1. The van der Waals surface area contributed by atoms with Crippen molar-refractivity contribution in [3.8, 4) is 22.6 Å². The van der Waals surface area contributed by atoms with E-state index in [1.54, 1.807) is 17.0 Å². The molecule has 2 N–H and O–H groups in total. The third-order valence-electron chi connectivity index (χ3n) is 5.13. The number of fused-ring (bicyclic) bond motifs is 1. The molecule has 5 heteroatoms. The minimum atomic E-state index is 0.0558. The van der Waals surface area contributed by atoms with Crippen LogP contribution < -0.4 is 4.90 Å². The number of hydrogen-bond acceptors (Lipinski definition) is 4. The van der Waals surface area contributed by atoms with Crippen molar-refractivity contribution >= 4 is 11.6 Å².